The Bertz CT molecular complexity index is 579. The zero-order chi connectivity index (χ0) is 13.4. The Morgan fingerprint density at radius 1 is 1.37 bits per heavy atom. The van der Waals surface area contributed by atoms with E-state index >= 15 is 0 Å². The zero-order valence-corrected chi connectivity index (χ0v) is 11.3. The van der Waals surface area contributed by atoms with Crippen LogP contribution >= 0.6 is 0 Å². The SMILES string of the molecule is Cc1ccc2oc(C(NN)C3OCCC3C)cc2c1. The van der Waals surface area contributed by atoms with Gasteiger partial charge in [0.25, 0.3) is 0 Å². The summed E-state index contributed by atoms with van der Waals surface area (Å²) in [4.78, 5) is 0. The van der Waals surface area contributed by atoms with Crippen molar-refractivity contribution in [2.75, 3.05) is 6.61 Å². The van der Waals surface area contributed by atoms with Crippen LogP contribution in [0.15, 0.2) is 28.7 Å². The van der Waals surface area contributed by atoms with Crippen molar-refractivity contribution < 1.29 is 9.15 Å². The van der Waals surface area contributed by atoms with Crippen LogP contribution in [0.5, 0.6) is 0 Å². The summed E-state index contributed by atoms with van der Waals surface area (Å²) >= 11 is 0. The number of hydrazine groups is 1. The van der Waals surface area contributed by atoms with Gasteiger partial charge in [-0.25, -0.2) is 5.43 Å². The summed E-state index contributed by atoms with van der Waals surface area (Å²) in [5.74, 6) is 7.04. The third-order valence-electron chi connectivity index (χ3n) is 3.95. The highest BCUT2D eigenvalue weighted by atomic mass is 16.5. The molecule has 2 aromatic rings. The normalized spacial score (nSPS) is 25.0. The summed E-state index contributed by atoms with van der Waals surface area (Å²) in [6, 6.07) is 8.14. The summed E-state index contributed by atoms with van der Waals surface area (Å²) in [7, 11) is 0. The molecule has 0 amide bonds. The monoisotopic (exact) mass is 260 g/mol. The average Bonchev–Trinajstić information content (AvgIpc) is 2.97. The maximum atomic E-state index is 5.91. The maximum absolute atomic E-state index is 5.91. The van der Waals surface area contributed by atoms with Crippen LogP contribution in [0.25, 0.3) is 11.0 Å². The fourth-order valence-electron chi connectivity index (χ4n) is 2.82. The summed E-state index contributed by atoms with van der Waals surface area (Å²) in [6.45, 7) is 5.06. The predicted octanol–water partition coefficient (Wildman–Crippen LogP) is 2.67. The molecule has 3 rings (SSSR count). The summed E-state index contributed by atoms with van der Waals surface area (Å²) in [6.07, 6.45) is 1.15. The van der Waals surface area contributed by atoms with Crippen LogP contribution in [0.4, 0.5) is 0 Å². The first-order valence-corrected chi connectivity index (χ1v) is 6.77. The van der Waals surface area contributed by atoms with Gasteiger partial charge in [0.2, 0.25) is 0 Å². The van der Waals surface area contributed by atoms with Crippen molar-refractivity contribution in [2.45, 2.75) is 32.4 Å². The van der Waals surface area contributed by atoms with Crippen molar-refractivity contribution in [1.82, 2.24) is 5.43 Å². The van der Waals surface area contributed by atoms with E-state index in [0.29, 0.717) is 5.92 Å². The number of furan rings is 1. The van der Waals surface area contributed by atoms with Gasteiger partial charge >= 0.3 is 0 Å². The van der Waals surface area contributed by atoms with Crippen molar-refractivity contribution in [1.29, 1.82) is 0 Å². The lowest BCUT2D eigenvalue weighted by Gasteiger charge is -2.23. The molecule has 0 bridgehead atoms. The summed E-state index contributed by atoms with van der Waals surface area (Å²) in [5.41, 5.74) is 4.97. The van der Waals surface area contributed by atoms with Crippen molar-refractivity contribution in [3.05, 3.63) is 35.6 Å². The van der Waals surface area contributed by atoms with E-state index in [-0.39, 0.29) is 12.1 Å². The van der Waals surface area contributed by atoms with Crippen LogP contribution in [0, 0.1) is 12.8 Å². The number of nitrogens with two attached hydrogens (primary N) is 1. The first-order chi connectivity index (χ1) is 9.19. The minimum atomic E-state index is -0.0924. The Labute approximate surface area is 112 Å². The van der Waals surface area contributed by atoms with Gasteiger partial charge in [-0.3, -0.25) is 5.84 Å². The number of hydrogen-bond acceptors (Lipinski definition) is 4. The molecular weight excluding hydrogens is 240 g/mol. The highest BCUT2D eigenvalue weighted by molar-refractivity contribution is 5.78. The van der Waals surface area contributed by atoms with Crippen LogP contribution < -0.4 is 11.3 Å². The quantitative estimate of drug-likeness (QED) is 0.658. The van der Waals surface area contributed by atoms with Crippen LogP contribution in [-0.2, 0) is 4.74 Å². The molecule has 1 aromatic heterocycles. The maximum Gasteiger partial charge on any atom is 0.134 e. The molecule has 0 spiro atoms. The number of nitrogens with one attached hydrogen (secondary N) is 1. The van der Waals surface area contributed by atoms with Gasteiger partial charge in [-0.15, -0.1) is 0 Å². The Morgan fingerprint density at radius 3 is 2.89 bits per heavy atom. The molecule has 3 N–H and O–H groups in total. The molecule has 0 aliphatic carbocycles. The van der Waals surface area contributed by atoms with E-state index in [1.54, 1.807) is 0 Å². The van der Waals surface area contributed by atoms with Gasteiger partial charge in [-0.2, -0.15) is 0 Å². The topological polar surface area (TPSA) is 60.4 Å². The summed E-state index contributed by atoms with van der Waals surface area (Å²) < 4.78 is 11.7. The van der Waals surface area contributed by atoms with Gasteiger partial charge in [0, 0.05) is 12.0 Å². The first-order valence-electron chi connectivity index (χ1n) is 6.77. The van der Waals surface area contributed by atoms with E-state index in [9.17, 15) is 0 Å². The number of fused-ring (bicyclic) bond motifs is 1. The minimum Gasteiger partial charge on any atom is -0.459 e. The molecule has 4 heteroatoms. The Kier molecular flexibility index (Phi) is 3.31. The number of rotatable bonds is 3. The Morgan fingerprint density at radius 2 is 2.21 bits per heavy atom. The largest absolute Gasteiger partial charge is 0.459 e. The van der Waals surface area contributed by atoms with E-state index in [1.807, 2.05) is 6.07 Å². The average molecular weight is 260 g/mol. The first kappa shape index (κ1) is 12.7. The third kappa shape index (κ3) is 2.27. The fraction of sp³-hybridized carbons (Fsp3) is 0.467. The molecule has 0 saturated carbocycles. The number of hydrogen-bond donors (Lipinski definition) is 2. The number of benzene rings is 1. The van der Waals surface area contributed by atoms with Gasteiger partial charge in [0.1, 0.15) is 17.4 Å². The van der Waals surface area contributed by atoms with Gasteiger partial charge in [-0.05, 0) is 37.5 Å². The Hall–Kier alpha value is -1.36. The predicted molar refractivity (Wildman–Crippen MR) is 74.5 cm³/mol. The smallest absolute Gasteiger partial charge is 0.134 e. The van der Waals surface area contributed by atoms with Crippen molar-refractivity contribution >= 4 is 11.0 Å². The number of aryl methyl sites for hydroxylation is 1. The second-order valence-electron chi connectivity index (χ2n) is 5.44. The van der Waals surface area contributed by atoms with Gasteiger partial charge in [0.15, 0.2) is 0 Å². The molecule has 102 valence electrons. The van der Waals surface area contributed by atoms with E-state index in [0.717, 1.165) is 29.8 Å². The lowest BCUT2D eigenvalue weighted by atomic mass is 9.96. The molecule has 1 aromatic carbocycles. The fourth-order valence-corrected chi connectivity index (χ4v) is 2.82. The molecule has 2 heterocycles. The molecule has 3 atom stereocenters. The standard InChI is InChI=1S/C15H20N2O2/c1-9-3-4-12-11(7-9)8-13(19-12)14(17-16)15-10(2)5-6-18-15/h3-4,7-8,10,14-15,17H,5-6,16H2,1-2H3. The number of ether oxygens (including phenoxy) is 1. The lowest BCUT2D eigenvalue weighted by Crippen LogP contribution is -2.38. The molecule has 1 fully saturated rings. The van der Waals surface area contributed by atoms with Crippen LogP contribution in [0.3, 0.4) is 0 Å². The molecule has 4 nitrogen and oxygen atoms in total. The highest BCUT2D eigenvalue weighted by Gasteiger charge is 2.34. The third-order valence-corrected chi connectivity index (χ3v) is 3.95. The van der Waals surface area contributed by atoms with Gasteiger partial charge in [-0.1, -0.05) is 18.6 Å². The van der Waals surface area contributed by atoms with E-state index in [4.69, 9.17) is 15.0 Å². The lowest BCUT2D eigenvalue weighted by molar-refractivity contribution is 0.0544. The molecular formula is C15H20N2O2. The molecule has 3 unspecified atom stereocenters. The minimum absolute atomic E-state index is 0.0756. The van der Waals surface area contributed by atoms with E-state index < -0.39 is 0 Å². The zero-order valence-electron chi connectivity index (χ0n) is 11.3. The van der Waals surface area contributed by atoms with Crippen LogP contribution in [0.2, 0.25) is 0 Å². The van der Waals surface area contributed by atoms with E-state index in [2.05, 4.69) is 37.5 Å². The van der Waals surface area contributed by atoms with Crippen molar-refractivity contribution in [3.8, 4) is 0 Å². The van der Waals surface area contributed by atoms with Crippen molar-refractivity contribution in [3.63, 3.8) is 0 Å². The second-order valence-corrected chi connectivity index (χ2v) is 5.44. The highest BCUT2D eigenvalue weighted by Crippen LogP contribution is 2.33. The molecule has 0 radical (unpaired) electrons. The molecule has 19 heavy (non-hydrogen) atoms. The van der Waals surface area contributed by atoms with Gasteiger partial charge in [0.05, 0.1) is 6.10 Å². The van der Waals surface area contributed by atoms with Gasteiger partial charge < -0.3 is 9.15 Å². The molecule has 1 aliphatic heterocycles. The molecule has 1 saturated heterocycles. The summed E-state index contributed by atoms with van der Waals surface area (Å²) in [5, 5.41) is 1.11. The van der Waals surface area contributed by atoms with E-state index in [1.165, 1.54) is 5.56 Å². The second kappa shape index (κ2) is 4.96. The van der Waals surface area contributed by atoms with Crippen molar-refractivity contribution in [2.24, 2.45) is 11.8 Å². The molecule has 1 aliphatic rings. The van der Waals surface area contributed by atoms with Crippen LogP contribution in [0.1, 0.15) is 30.7 Å². The Balaban J connectivity index is 1.96. The van der Waals surface area contributed by atoms with Crippen LogP contribution in [-0.4, -0.2) is 12.7 Å².